The number of fused-ring (bicyclic) bond motifs is 3. The van der Waals surface area contributed by atoms with Crippen molar-refractivity contribution in [3.63, 3.8) is 0 Å². The van der Waals surface area contributed by atoms with E-state index in [0.717, 1.165) is 25.9 Å². The van der Waals surface area contributed by atoms with Crippen LogP contribution in [0.15, 0.2) is 48.5 Å². The van der Waals surface area contributed by atoms with Gasteiger partial charge in [0.1, 0.15) is 6.61 Å². The zero-order valence-electron chi connectivity index (χ0n) is 17.8. The molecule has 2 aromatic rings. The fourth-order valence-corrected chi connectivity index (χ4v) is 5.69. The highest BCUT2D eigenvalue weighted by molar-refractivity contribution is 5.79. The van der Waals surface area contributed by atoms with Crippen LogP contribution in [0.5, 0.6) is 0 Å². The minimum absolute atomic E-state index is 0.0307. The topological polar surface area (TPSA) is 67.9 Å². The lowest BCUT2D eigenvalue weighted by atomic mass is 9.71. The molecule has 162 valence electrons. The van der Waals surface area contributed by atoms with Gasteiger partial charge in [0.15, 0.2) is 0 Å². The number of hydrogen-bond donors (Lipinski definition) is 1. The smallest absolute Gasteiger partial charge is 0.409 e. The maximum absolute atomic E-state index is 13.0. The first kappa shape index (κ1) is 20.1. The van der Waals surface area contributed by atoms with E-state index < -0.39 is 0 Å². The maximum atomic E-state index is 13.0. The Labute approximate surface area is 182 Å². The summed E-state index contributed by atoms with van der Waals surface area (Å²) >= 11 is 0. The van der Waals surface area contributed by atoms with Gasteiger partial charge in [-0.05, 0) is 48.2 Å². The number of benzene rings is 2. The largest absolute Gasteiger partial charge is 0.469 e. The fourth-order valence-electron chi connectivity index (χ4n) is 5.69. The molecule has 6 heteroatoms. The molecule has 0 bridgehead atoms. The number of nitrogens with one attached hydrogen (secondary N) is 1. The van der Waals surface area contributed by atoms with Crippen molar-refractivity contribution in [1.29, 1.82) is 0 Å². The Balaban J connectivity index is 1.32. The van der Waals surface area contributed by atoms with Gasteiger partial charge < -0.3 is 19.7 Å². The van der Waals surface area contributed by atoms with Crippen molar-refractivity contribution in [2.75, 3.05) is 39.9 Å². The molecule has 2 fully saturated rings. The first-order chi connectivity index (χ1) is 15.1. The summed E-state index contributed by atoms with van der Waals surface area (Å²) in [6.45, 7) is 2.91. The first-order valence-corrected chi connectivity index (χ1v) is 11.0. The standard InChI is InChI=1S/C25H28N2O4/c1-30-23(28)22-14-27(16-25(22)10-12-26-13-11-25)24(29)31-15-21-19-8-4-2-6-17(19)18-7-3-5-9-20(18)21/h2-9,21-22,26H,10-16H2,1H3. The summed E-state index contributed by atoms with van der Waals surface area (Å²) in [5.41, 5.74) is 4.59. The lowest BCUT2D eigenvalue weighted by Gasteiger charge is -2.36. The Hall–Kier alpha value is -2.86. The molecule has 31 heavy (non-hydrogen) atoms. The van der Waals surface area contributed by atoms with Crippen LogP contribution in [0.25, 0.3) is 11.1 Å². The van der Waals surface area contributed by atoms with Gasteiger partial charge in [-0.25, -0.2) is 4.79 Å². The van der Waals surface area contributed by atoms with Crippen LogP contribution in [-0.2, 0) is 14.3 Å². The van der Waals surface area contributed by atoms with Crippen molar-refractivity contribution in [3.05, 3.63) is 59.7 Å². The molecule has 6 nitrogen and oxygen atoms in total. The molecular weight excluding hydrogens is 392 g/mol. The molecule has 0 saturated carbocycles. The number of carbonyl (C=O) groups excluding carboxylic acids is 2. The van der Waals surface area contributed by atoms with Gasteiger partial charge in [-0.15, -0.1) is 0 Å². The average molecular weight is 421 g/mol. The van der Waals surface area contributed by atoms with E-state index in [2.05, 4.69) is 29.6 Å². The van der Waals surface area contributed by atoms with Crippen molar-refractivity contribution in [3.8, 4) is 11.1 Å². The van der Waals surface area contributed by atoms with E-state index in [9.17, 15) is 9.59 Å². The summed E-state index contributed by atoms with van der Waals surface area (Å²) in [5.74, 6) is -0.487. The Morgan fingerprint density at radius 1 is 1.03 bits per heavy atom. The van der Waals surface area contributed by atoms with Crippen LogP contribution in [0.2, 0.25) is 0 Å². The summed E-state index contributed by atoms with van der Waals surface area (Å²) in [6, 6.07) is 16.6. The normalized spacial score (nSPS) is 21.6. The second-order valence-corrected chi connectivity index (χ2v) is 8.87. The Bertz CT molecular complexity index is 953. The molecule has 1 aliphatic carbocycles. The lowest BCUT2D eigenvalue weighted by molar-refractivity contribution is -0.149. The van der Waals surface area contributed by atoms with Gasteiger partial charge in [-0.1, -0.05) is 48.5 Å². The number of methoxy groups -OCH3 is 1. The molecule has 2 aliphatic heterocycles. The molecule has 1 amide bonds. The molecule has 0 aromatic heterocycles. The van der Waals surface area contributed by atoms with Crippen molar-refractivity contribution in [2.24, 2.45) is 11.3 Å². The molecule has 1 spiro atoms. The number of likely N-dealkylation sites (tertiary alicyclic amines) is 1. The van der Waals surface area contributed by atoms with Crippen LogP contribution >= 0.6 is 0 Å². The third-order valence-electron chi connectivity index (χ3n) is 7.33. The Morgan fingerprint density at radius 3 is 2.26 bits per heavy atom. The summed E-state index contributed by atoms with van der Waals surface area (Å²) in [7, 11) is 1.42. The van der Waals surface area contributed by atoms with E-state index in [1.54, 1.807) is 4.90 Å². The SMILES string of the molecule is COC(=O)C1CN(C(=O)OCC2c3ccccc3-c3ccccc32)CC12CCNCC2. The second kappa shape index (κ2) is 8.00. The van der Waals surface area contributed by atoms with Crippen molar-refractivity contribution < 1.29 is 19.1 Å². The number of rotatable bonds is 3. The maximum Gasteiger partial charge on any atom is 0.409 e. The van der Waals surface area contributed by atoms with Crippen molar-refractivity contribution >= 4 is 12.1 Å². The van der Waals surface area contributed by atoms with Gasteiger partial charge in [-0.3, -0.25) is 4.79 Å². The number of hydrogen-bond acceptors (Lipinski definition) is 5. The minimum Gasteiger partial charge on any atom is -0.469 e. The number of carbonyl (C=O) groups is 2. The monoisotopic (exact) mass is 420 g/mol. The quantitative estimate of drug-likeness (QED) is 0.771. The summed E-state index contributed by atoms with van der Waals surface area (Å²) in [6.07, 6.45) is 1.38. The number of nitrogens with zero attached hydrogens (tertiary/aromatic N) is 1. The van der Waals surface area contributed by atoms with Gasteiger partial charge in [0, 0.05) is 24.4 Å². The molecule has 1 N–H and O–H groups in total. The van der Waals surface area contributed by atoms with E-state index in [-0.39, 0.29) is 29.3 Å². The average Bonchev–Trinajstić information content (AvgIpc) is 3.34. The summed E-state index contributed by atoms with van der Waals surface area (Å²) in [4.78, 5) is 27.2. The minimum atomic E-state index is -0.342. The fraction of sp³-hybridized carbons (Fsp3) is 0.440. The number of piperidine rings is 1. The van der Waals surface area contributed by atoms with Crippen LogP contribution in [0.4, 0.5) is 4.79 Å². The molecule has 1 unspecified atom stereocenters. The number of esters is 1. The zero-order chi connectivity index (χ0) is 21.4. The highest BCUT2D eigenvalue weighted by Gasteiger charge is 2.52. The molecule has 3 aliphatic rings. The van der Waals surface area contributed by atoms with Gasteiger partial charge in [-0.2, -0.15) is 0 Å². The van der Waals surface area contributed by atoms with Crippen LogP contribution in [-0.4, -0.2) is 56.9 Å². The van der Waals surface area contributed by atoms with E-state index in [1.165, 1.54) is 29.4 Å². The van der Waals surface area contributed by atoms with E-state index >= 15 is 0 Å². The summed E-state index contributed by atoms with van der Waals surface area (Å²) < 4.78 is 10.9. The third-order valence-corrected chi connectivity index (χ3v) is 7.33. The van der Waals surface area contributed by atoms with Gasteiger partial charge in [0.2, 0.25) is 0 Å². The Morgan fingerprint density at radius 2 is 1.65 bits per heavy atom. The van der Waals surface area contributed by atoms with Gasteiger partial charge in [0.05, 0.1) is 13.0 Å². The van der Waals surface area contributed by atoms with Crippen LogP contribution in [0.3, 0.4) is 0 Å². The van der Waals surface area contributed by atoms with Crippen molar-refractivity contribution in [2.45, 2.75) is 18.8 Å². The molecule has 2 aromatic carbocycles. The molecule has 1 atom stereocenters. The molecule has 0 radical (unpaired) electrons. The third kappa shape index (κ3) is 3.39. The van der Waals surface area contributed by atoms with Crippen LogP contribution in [0.1, 0.15) is 29.9 Å². The molecular formula is C25H28N2O4. The van der Waals surface area contributed by atoms with Gasteiger partial charge in [0.25, 0.3) is 0 Å². The predicted molar refractivity (Wildman–Crippen MR) is 117 cm³/mol. The number of amides is 1. The highest BCUT2D eigenvalue weighted by Crippen LogP contribution is 2.46. The molecule has 2 saturated heterocycles. The first-order valence-electron chi connectivity index (χ1n) is 11.0. The molecule has 5 rings (SSSR count). The van der Waals surface area contributed by atoms with Crippen LogP contribution < -0.4 is 5.32 Å². The van der Waals surface area contributed by atoms with Crippen LogP contribution in [0, 0.1) is 11.3 Å². The predicted octanol–water partition coefficient (Wildman–Crippen LogP) is 3.41. The number of ether oxygens (including phenoxy) is 2. The van der Waals surface area contributed by atoms with Gasteiger partial charge >= 0.3 is 12.1 Å². The van der Waals surface area contributed by atoms with E-state index in [1.807, 2.05) is 24.3 Å². The van der Waals surface area contributed by atoms with Crippen molar-refractivity contribution in [1.82, 2.24) is 10.2 Å². The van der Waals surface area contributed by atoms with E-state index in [0.29, 0.717) is 19.7 Å². The lowest BCUT2D eigenvalue weighted by Crippen LogP contribution is -2.44. The second-order valence-electron chi connectivity index (χ2n) is 8.87. The summed E-state index contributed by atoms with van der Waals surface area (Å²) in [5, 5.41) is 3.35. The van der Waals surface area contributed by atoms with E-state index in [4.69, 9.17) is 9.47 Å². The zero-order valence-corrected chi connectivity index (χ0v) is 17.8. The molecule has 2 heterocycles. The highest BCUT2D eigenvalue weighted by atomic mass is 16.6. The Kier molecular flexibility index (Phi) is 5.18.